The first-order valence-corrected chi connectivity index (χ1v) is 6.33. The number of carbonyl (C=O) groups excluding carboxylic acids is 1. The van der Waals surface area contributed by atoms with Crippen LogP contribution in [0.3, 0.4) is 0 Å². The summed E-state index contributed by atoms with van der Waals surface area (Å²) in [6.07, 6.45) is 6.22. The van der Waals surface area contributed by atoms with Gasteiger partial charge in [0.05, 0.1) is 4.88 Å². The fraction of sp³-hybridized carbons (Fsp3) is 0.583. The lowest BCUT2D eigenvalue weighted by Gasteiger charge is -2.07. The molecule has 0 saturated carbocycles. The molecule has 0 fully saturated rings. The van der Waals surface area contributed by atoms with E-state index in [2.05, 4.69) is 6.07 Å². The third-order valence-electron chi connectivity index (χ3n) is 2.86. The lowest BCUT2D eigenvalue weighted by atomic mass is 10.1. The van der Waals surface area contributed by atoms with Crippen LogP contribution in [-0.4, -0.2) is 24.9 Å². The lowest BCUT2D eigenvalue weighted by Crippen LogP contribution is -2.20. The third kappa shape index (κ3) is 2.23. The molecular formula is C12H17NOS. The molecule has 0 aromatic carbocycles. The van der Waals surface area contributed by atoms with Gasteiger partial charge in [-0.15, -0.1) is 11.3 Å². The predicted octanol–water partition coefficient (Wildman–Crippen LogP) is 2.72. The Balaban J connectivity index is 2.25. The number of thiophene rings is 1. The van der Waals surface area contributed by atoms with E-state index >= 15 is 0 Å². The van der Waals surface area contributed by atoms with Crippen molar-refractivity contribution in [2.75, 3.05) is 14.1 Å². The van der Waals surface area contributed by atoms with Gasteiger partial charge in [0, 0.05) is 19.0 Å². The van der Waals surface area contributed by atoms with Gasteiger partial charge in [0.1, 0.15) is 0 Å². The molecule has 15 heavy (non-hydrogen) atoms. The Morgan fingerprint density at radius 1 is 1.27 bits per heavy atom. The Morgan fingerprint density at radius 3 is 2.73 bits per heavy atom. The van der Waals surface area contributed by atoms with E-state index in [-0.39, 0.29) is 5.91 Å². The summed E-state index contributed by atoms with van der Waals surface area (Å²) in [4.78, 5) is 15.8. The standard InChI is InChI=1S/C12H17NOS/c1-13(2)12(14)11-8-9-6-4-3-5-7-10(9)15-11/h8H,3-7H2,1-2H3. The van der Waals surface area contributed by atoms with Crippen LogP contribution in [0.1, 0.15) is 39.4 Å². The maximum Gasteiger partial charge on any atom is 0.263 e. The molecule has 82 valence electrons. The molecule has 1 aliphatic rings. The summed E-state index contributed by atoms with van der Waals surface area (Å²) in [5.74, 6) is 0.146. The number of aryl methyl sites for hydroxylation is 2. The number of rotatable bonds is 1. The molecule has 0 bridgehead atoms. The van der Waals surface area contributed by atoms with E-state index in [1.54, 1.807) is 16.2 Å². The summed E-state index contributed by atoms with van der Waals surface area (Å²) in [6, 6.07) is 2.10. The van der Waals surface area contributed by atoms with Crippen LogP contribution < -0.4 is 0 Å². The van der Waals surface area contributed by atoms with Crippen molar-refractivity contribution in [3.05, 3.63) is 21.4 Å². The zero-order valence-electron chi connectivity index (χ0n) is 9.38. The molecule has 1 heterocycles. The fourth-order valence-corrected chi connectivity index (χ4v) is 3.27. The van der Waals surface area contributed by atoms with Crippen LogP contribution in [0.5, 0.6) is 0 Å². The van der Waals surface area contributed by atoms with Crippen LogP contribution in [0.4, 0.5) is 0 Å². The van der Waals surface area contributed by atoms with Gasteiger partial charge < -0.3 is 4.90 Å². The first-order chi connectivity index (χ1) is 7.18. The molecule has 0 radical (unpaired) electrons. The molecular weight excluding hydrogens is 206 g/mol. The number of hydrogen-bond donors (Lipinski definition) is 0. The van der Waals surface area contributed by atoms with Crippen molar-refractivity contribution in [3.63, 3.8) is 0 Å². The summed E-state index contributed by atoms with van der Waals surface area (Å²) < 4.78 is 0. The predicted molar refractivity (Wildman–Crippen MR) is 63.6 cm³/mol. The van der Waals surface area contributed by atoms with Gasteiger partial charge in [0.2, 0.25) is 0 Å². The number of amides is 1. The number of fused-ring (bicyclic) bond motifs is 1. The van der Waals surface area contributed by atoms with Crippen molar-refractivity contribution < 1.29 is 4.79 Å². The minimum absolute atomic E-state index is 0.146. The van der Waals surface area contributed by atoms with E-state index in [0.29, 0.717) is 0 Å². The Bertz CT molecular complexity index is 344. The van der Waals surface area contributed by atoms with Gasteiger partial charge in [-0.05, 0) is 37.3 Å². The highest BCUT2D eigenvalue weighted by molar-refractivity contribution is 7.14. The second-order valence-electron chi connectivity index (χ2n) is 4.32. The fourth-order valence-electron chi connectivity index (χ4n) is 1.99. The molecule has 0 atom stereocenters. The van der Waals surface area contributed by atoms with E-state index in [1.807, 2.05) is 14.1 Å². The van der Waals surface area contributed by atoms with E-state index in [1.165, 1.54) is 36.1 Å². The third-order valence-corrected chi connectivity index (χ3v) is 4.09. The Kier molecular flexibility index (Phi) is 3.10. The first-order valence-electron chi connectivity index (χ1n) is 5.51. The van der Waals surface area contributed by atoms with Gasteiger partial charge in [-0.3, -0.25) is 4.79 Å². The maximum atomic E-state index is 11.8. The topological polar surface area (TPSA) is 20.3 Å². The molecule has 3 heteroatoms. The minimum Gasteiger partial charge on any atom is -0.344 e. The van der Waals surface area contributed by atoms with Crippen molar-refractivity contribution in [2.45, 2.75) is 32.1 Å². The van der Waals surface area contributed by atoms with Gasteiger partial charge >= 0.3 is 0 Å². The minimum atomic E-state index is 0.146. The highest BCUT2D eigenvalue weighted by Crippen LogP contribution is 2.29. The molecule has 1 aromatic heterocycles. The van der Waals surface area contributed by atoms with Gasteiger partial charge in [-0.1, -0.05) is 6.42 Å². The summed E-state index contributed by atoms with van der Waals surface area (Å²) >= 11 is 1.69. The van der Waals surface area contributed by atoms with Gasteiger partial charge in [0.25, 0.3) is 5.91 Å². The van der Waals surface area contributed by atoms with E-state index in [9.17, 15) is 4.79 Å². The Labute approximate surface area is 94.9 Å². The lowest BCUT2D eigenvalue weighted by molar-refractivity contribution is 0.0832. The van der Waals surface area contributed by atoms with Crippen LogP contribution in [0.2, 0.25) is 0 Å². The SMILES string of the molecule is CN(C)C(=O)c1cc2c(s1)CCCCC2. The van der Waals surface area contributed by atoms with E-state index in [4.69, 9.17) is 0 Å². The largest absolute Gasteiger partial charge is 0.344 e. The van der Waals surface area contributed by atoms with Crippen LogP contribution >= 0.6 is 11.3 Å². The molecule has 0 unspecified atom stereocenters. The highest BCUT2D eigenvalue weighted by Gasteiger charge is 2.17. The first kappa shape index (κ1) is 10.7. The zero-order chi connectivity index (χ0) is 10.8. The van der Waals surface area contributed by atoms with E-state index in [0.717, 1.165) is 11.3 Å². The van der Waals surface area contributed by atoms with Gasteiger partial charge in [-0.2, -0.15) is 0 Å². The number of hydrogen-bond acceptors (Lipinski definition) is 2. The highest BCUT2D eigenvalue weighted by atomic mass is 32.1. The number of nitrogens with zero attached hydrogens (tertiary/aromatic N) is 1. The molecule has 2 rings (SSSR count). The van der Waals surface area contributed by atoms with Crippen LogP contribution in [-0.2, 0) is 12.8 Å². The van der Waals surface area contributed by atoms with Crippen molar-refractivity contribution in [3.8, 4) is 0 Å². The average Bonchev–Trinajstić information content (AvgIpc) is 2.49. The normalized spacial score (nSPS) is 15.6. The summed E-state index contributed by atoms with van der Waals surface area (Å²) in [7, 11) is 3.63. The second kappa shape index (κ2) is 4.35. The second-order valence-corrected chi connectivity index (χ2v) is 5.46. The average molecular weight is 223 g/mol. The number of carbonyl (C=O) groups is 1. The summed E-state index contributed by atoms with van der Waals surface area (Å²) in [6.45, 7) is 0. The van der Waals surface area contributed by atoms with Crippen molar-refractivity contribution in [1.82, 2.24) is 4.90 Å². The molecule has 1 aromatic rings. The van der Waals surface area contributed by atoms with Gasteiger partial charge in [-0.25, -0.2) is 0 Å². The maximum absolute atomic E-state index is 11.8. The van der Waals surface area contributed by atoms with Crippen molar-refractivity contribution in [1.29, 1.82) is 0 Å². The molecule has 0 N–H and O–H groups in total. The monoisotopic (exact) mass is 223 g/mol. The zero-order valence-corrected chi connectivity index (χ0v) is 10.2. The molecule has 1 amide bonds. The Hall–Kier alpha value is -0.830. The molecule has 1 aliphatic carbocycles. The molecule has 0 saturated heterocycles. The quantitative estimate of drug-likeness (QED) is 0.670. The van der Waals surface area contributed by atoms with Crippen LogP contribution in [0.15, 0.2) is 6.07 Å². The Morgan fingerprint density at radius 2 is 2.00 bits per heavy atom. The molecule has 0 aliphatic heterocycles. The molecule has 0 spiro atoms. The van der Waals surface area contributed by atoms with Crippen molar-refractivity contribution in [2.24, 2.45) is 0 Å². The van der Waals surface area contributed by atoms with E-state index < -0.39 is 0 Å². The van der Waals surface area contributed by atoms with Crippen LogP contribution in [0, 0.1) is 0 Å². The van der Waals surface area contributed by atoms with Gasteiger partial charge in [0.15, 0.2) is 0 Å². The summed E-state index contributed by atoms with van der Waals surface area (Å²) in [5, 5.41) is 0. The smallest absolute Gasteiger partial charge is 0.263 e. The molecule has 2 nitrogen and oxygen atoms in total. The van der Waals surface area contributed by atoms with Crippen molar-refractivity contribution >= 4 is 17.2 Å². The summed E-state index contributed by atoms with van der Waals surface area (Å²) in [5.41, 5.74) is 1.42. The van der Waals surface area contributed by atoms with Crippen LogP contribution in [0.25, 0.3) is 0 Å².